The Morgan fingerprint density at radius 1 is 1.22 bits per heavy atom. The van der Waals surface area contributed by atoms with Crippen LogP contribution in [0.25, 0.3) is 0 Å². The number of amides is 1. The van der Waals surface area contributed by atoms with Gasteiger partial charge in [0.15, 0.2) is 5.69 Å². The van der Waals surface area contributed by atoms with E-state index in [0.29, 0.717) is 12.1 Å². The summed E-state index contributed by atoms with van der Waals surface area (Å²) in [6.45, 7) is 1.74. The van der Waals surface area contributed by atoms with Gasteiger partial charge in [-0.05, 0) is 18.2 Å². The van der Waals surface area contributed by atoms with E-state index in [1.807, 2.05) is 18.2 Å². The van der Waals surface area contributed by atoms with Gasteiger partial charge in [-0.2, -0.15) is 5.10 Å². The second-order valence-corrected chi connectivity index (χ2v) is 3.71. The zero-order chi connectivity index (χ0) is 13.0. The van der Waals surface area contributed by atoms with Gasteiger partial charge >= 0.3 is 0 Å². The number of para-hydroxylation sites is 1. The minimum absolute atomic E-state index is 0.145. The van der Waals surface area contributed by atoms with Gasteiger partial charge in [0.05, 0.1) is 0 Å². The molecule has 0 spiro atoms. The van der Waals surface area contributed by atoms with Crippen LogP contribution in [0.1, 0.15) is 28.6 Å². The molecule has 1 heterocycles. The van der Waals surface area contributed by atoms with E-state index in [-0.39, 0.29) is 17.5 Å². The summed E-state index contributed by atoms with van der Waals surface area (Å²) in [7, 11) is 0. The topological polar surface area (TPSA) is 64.0 Å². The van der Waals surface area contributed by atoms with Gasteiger partial charge in [0.25, 0.3) is 5.91 Å². The van der Waals surface area contributed by atoms with Crippen molar-refractivity contribution in [3.05, 3.63) is 48.3 Å². The molecule has 0 atom stereocenters. The van der Waals surface area contributed by atoms with Crippen LogP contribution in [0.4, 0.5) is 5.69 Å². The number of hydrogen-bond donors (Lipinski definition) is 1. The van der Waals surface area contributed by atoms with Gasteiger partial charge in [0.1, 0.15) is 0 Å². The van der Waals surface area contributed by atoms with Crippen LogP contribution in [0, 0.1) is 0 Å². The third-order valence-electron chi connectivity index (χ3n) is 2.41. The van der Waals surface area contributed by atoms with Gasteiger partial charge in [-0.15, -0.1) is 0 Å². The highest BCUT2D eigenvalue weighted by Crippen LogP contribution is 2.07. The average molecular weight is 243 g/mol. The van der Waals surface area contributed by atoms with Gasteiger partial charge in [-0.1, -0.05) is 25.1 Å². The van der Waals surface area contributed by atoms with E-state index in [4.69, 9.17) is 0 Å². The molecule has 0 fully saturated rings. The first kappa shape index (κ1) is 12.0. The van der Waals surface area contributed by atoms with E-state index in [0.717, 1.165) is 0 Å². The first-order chi connectivity index (χ1) is 8.70. The van der Waals surface area contributed by atoms with Crippen molar-refractivity contribution in [1.82, 2.24) is 9.78 Å². The van der Waals surface area contributed by atoms with Gasteiger partial charge in [-0.25, -0.2) is 4.68 Å². The highest BCUT2D eigenvalue weighted by Gasteiger charge is 2.11. The largest absolute Gasteiger partial charge is 0.321 e. The summed E-state index contributed by atoms with van der Waals surface area (Å²) >= 11 is 0. The van der Waals surface area contributed by atoms with Crippen molar-refractivity contribution in [2.75, 3.05) is 5.32 Å². The van der Waals surface area contributed by atoms with E-state index in [1.165, 1.54) is 16.9 Å². The van der Waals surface area contributed by atoms with E-state index in [2.05, 4.69) is 10.4 Å². The Labute approximate surface area is 104 Å². The number of carbonyl (C=O) groups is 2. The van der Waals surface area contributed by atoms with Crippen molar-refractivity contribution >= 4 is 17.5 Å². The summed E-state index contributed by atoms with van der Waals surface area (Å²) in [5.41, 5.74) is 0.916. The molecule has 0 saturated carbocycles. The van der Waals surface area contributed by atoms with E-state index in [1.54, 1.807) is 19.1 Å². The molecule has 5 heteroatoms. The predicted molar refractivity (Wildman–Crippen MR) is 67.5 cm³/mol. The fourth-order valence-electron chi connectivity index (χ4n) is 1.46. The fourth-order valence-corrected chi connectivity index (χ4v) is 1.46. The van der Waals surface area contributed by atoms with Crippen LogP contribution in [0.5, 0.6) is 0 Å². The van der Waals surface area contributed by atoms with E-state index in [9.17, 15) is 9.59 Å². The van der Waals surface area contributed by atoms with Crippen LogP contribution in [0.2, 0.25) is 0 Å². The molecule has 5 nitrogen and oxygen atoms in total. The minimum atomic E-state index is -0.330. The molecule has 1 aromatic carbocycles. The maximum atomic E-state index is 11.8. The van der Waals surface area contributed by atoms with Gasteiger partial charge in [0, 0.05) is 18.3 Å². The molecule has 0 aliphatic heterocycles. The van der Waals surface area contributed by atoms with Crippen LogP contribution < -0.4 is 5.32 Å². The molecular weight excluding hydrogens is 230 g/mol. The summed E-state index contributed by atoms with van der Waals surface area (Å²) in [5.74, 6) is -0.474. The third kappa shape index (κ3) is 2.63. The molecule has 1 aromatic heterocycles. The number of nitrogens with zero attached hydrogens (tertiary/aromatic N) is 2. The molecule has 1 N–H and O–H groups in total. The number of hydrogen-bond acceptors (Lipinski definition) is 3. The summed E-state index contributed by atoms with van der Waals surface area (Å²) in [6, 6.07) is 10.6. The summed E-state index contributed by atoms with van der Waals surface area (Å²) in [6.07, 6.45) is 1.84. The van der Waals surface area contributed by atoms with Crippen LogP contribution in [-0.2, 0) is 0 Å². The maximum absolute atomic E-state index is 11.8. The summed E-state index contributed by atoms with van der Waals surface area (Å²) in [5, 5.41) is 6.63. The molecule has 2 rings (SSSR count). The lowest BCUT2D eigenvalue weighted by atomic mass is 10.3. The van der Waals surface area contributed by atoms with Crippen LogP contribution >= 0.6 is 0 Å². The standard InChI is InChI=1S/C13H13N3O2/c1-2-12(17)16-9-8-11(15-16)13(18)14-10-6-4-3-5-7-10/h3-9H,2H2,1H3,(H,14,18). The number of carbonyl (C=O) groups excluding carboxylic acids is 2. The molecule has 0 bridgehead atoms. The normalized spacial score (nSPS) is 10.1. The molecule has 92 valence electrons. The monoisotopic (exact) mass is 243 g/mol. The van der Waals surface area contributed by atoms with Gasteiger partial charge < -0.3 is 5.32 Å². The molecule has 0 aliphatic rings. The van der Waals surface area contributed by atoms with Gasteiger partial charge in [-0.3, -0.25) is 9.59 Å². The Kier molecular flexibility index (Phi) is 3.52. The average Bonchev–Trinajstić information content (AvgIpc) is 2.88. The Balaban J connectivity index is 2.10. The lowest BCUT2D eigenvalue weighted by Crippen LogP contribution is -2.15. The zero-order valence-electron chi connectivity index (χ0n) is 9.96. The first-order valence-corrected chi connectivity index (χ1v) is 5.66. The van der Waals surface area contributed by atoms with Gasteiger partial charge in [0.2, 0.25) is 5.91 Å². The Hall–Kier alpha value is -2.43. The summed E-state index contributed by atoms with van der Waals surface area (Å²) < 4.78 is 1.18. The first-order valence-electron chi connectivity index (χ1n) is 5.66. The van der Waals surface area contributed by atoms with Crippen molar-refractivity contribution in [1.29, 1.82) is 0 Å². The SMILES string of the molecule is CCC(=O)n1ccc(C(=O)Nc2ccccc2)n1. The van der Waals surface area contributed by atoms with Crippen molar-refractivity contribution < 1.29 is 9.59 Å². The Bertz CT molecular complexity index is 561. The Morgan fingerprint density at radius 3 is 2.61 bits per heavy atom. The van der Waals surface area contributed by atoms with Crippen LogP contribution in [0.15, 0.2) is 42.6 Å². The molecule has 0 saturated heterocycles. The van der Waals surface area contributed by atoms with Crippen molar-refractivity contribution in [3.8, 4) is 0 Å². The van der Waals surface area contributed by atoms with E-state index < -0.39 is 0 Å². The molecule has 1 amide bonds. The lowest BCUT2D eigenvalue weighted by Gasteiger charge is -2.01. The molecule has 0 aliphatic carbocycles. The maximum Gasteiger partial charge on any atom is 0.276 e. The zero-order valence-corrected chi connectivity index (χ0v) is 9.96. The number of rotatable bonds is 3. The van der Waals surface area contributed by atoms with Crippen molar-refractivity contribution in [3.63, 3.8) is 0 Å². The van der Waals surface area contributed by atoms with E-state index >= 15 is 0 Å². The van der Waals surface area contributed by atoms with Crippen molar-refractivity contribution in [2.45, 2.75) is 13.3 Å². The van der Waals surface area contributed by atoms with Crippen molar-refractivity contribution in [2.24, 2.45) is 0 Å². The van der Waals surface area contributed by atoms with Crippen LogP contribution in [-0.4, -0.2) is 21.6 Å². The Morgan fingerprint density at radius 2 is 1.94 bits per heavy atom. The minimum Gasteiger partial charge on any atom is -0.321 e. The molecule has 0 unspecified atom stereocenters. The number of aromatic nitrogens is 2. The second kappa shape index (κ2) is 5.27. The number of nitrogens with one attached hydrogen (secondary N) is 1. The molecule has 0 radical (unpaired) electrons. The highest BCUT2D eigenvalue weighted by molar-refractivity contribution is 6.03. The quantitative estimate of drug-likeness (QED) is 0.898. The lowest BCUT2D eigenvalue weighted by molar-refractivity contribution is 0.0892. The molecule has 2 aromatic rings. The molecular formula is C13H13N3O2. The summed E-state index contributed by atoms with van der Waals surface area (Å²) in [4.78, 5) is 23.2. The second-order valence-electron chi connectivity index (χ2n) is 3.71. The third-order valence-corrected chi connectivity index (χ3v) is 2.41. The predicted octanol–water partition coefficient (Wildman–Crippen LogP) is 2.19. The fraction of sp³-hybridized carbons (Fsp3) is 0.154. The molecule has 18 heavy (non-hydrogen) atoms. The number of benzene rings is 1. The highest BCUT2D eigenvalue weighted by atomic mass is 16.2. The van der Waals surface area contributed by atoms with Crippen LogP contribution in [0.3, 0.4) is 0 Å². The smallest absolute Gasteiger partial charge is 0.276 e. The number of anilines is 1.